The van der Waals surface area contributed by atoms with E-state index in [1.165, 1.54) is 0 Å². The molecule has 2 aromatic rings. The summed E-state index contributed by atoms with van der Waals surface area (Å²) in [5.74, 6) is 1.64. The minimum Gasteiger partial charge on any atom is -0.497 e. The second-order valence-electron chi connectivity index (χ2n) is 5.55. The molecule has 0 spiro atoms. The molecule has 0 saturated heterocycles. The molecule has 2 rings (SSSR count). The van der Waals surface area contributed by atoms with E-state index < -0.39 is 0 Å². The van der Waals surface area contributed by atoms with Crippen LogP contribution in [0.3, 0.4) is 0 Å². The summed E-state index contributed by atoms with van der Waals surface area (Å²) < 4.78 is 11.6. The topological polar surface area (TPSA) is 38.8 Å². The molecule has 0 N–H and O–H groups in total. The third-order valence-electron chi connectivity index (χ3n) is 3.85. The second-order valence-corrected chi connectivity index (χ2v) is 6.47. The lowest BCUT2D eigenvalue weighted by molar-refractivity contribution is -0.130. The number of nitrogens with zero attached hydrogens (tertiary/aromatic N) is 1. The van der Waals surface area contributed by atoms with Gasteiger partial charge in [-0.1, -0.05) is 28.1 Å². The Morgan fingerprint density at radius 3 is 2.42 bits per heavy atom. The van der Waals surface area contributed by atoms with Crippen molar-refractivity contribution in [2.24, 2.45) is 0 Å². The average Bonchev–Trinajstić information content (AvgIpc) is 2.61. The summed E-state index contributed by atoms with van der Waals surface area (Å²) in [5.41, 5.74) is 2.08. The average molecular weight is 392 g/mol. The largest absolute Gasteiger partial charge is 0.497 e. The van der Waals surface area contributed by atoms with Crippen molar-refractivity contribution >= 4 is 21.8 Å². The van der Waals surface area contributed by atoms with Crippen LogP contribution < -0.4 is 9.47 Å². The van der Waals surface area contributed by atoms with Crippen LogP contribution in [-0.4, -0.2) is 32.1 Å². The molecular weight excluding hydrogens is 370 g/mol. The van der Waals surface area contributed by atoms with Crippen molar-refractivity contribution in [2.45, 2.75) is 19.4 Å². The lowest BCUT2D eigenvalue weighted by Crippen LogP contribution is -2.26. The van der Waals surface area contributed by atoms with Gasteiger partial charge in [-0.15, -0.1) is 0 Å². The summed E-state index contributed by atoms with van der Waals surface area (Å²) in [6, 6.07) is 13.6. The van der Waals surface area contributed by atoms with Gasteiger partial charge in [0.05, 0.1) is 14.2 Å². The SMILES string of the molecule is COc1ccc(OC)c(CCC(=O)N(C)Cc2ccc(Br)cc2)c1. The van der Waals surface area contributed by atoms with Crippen LogP contribution >= 0.6 is 15.9 Å². The molecule has 128 valence electrons. The zero-order valence-electron chi connectivity index (χ0n) is 14.2. The van der Waals surface area contributed by atoms with E-state index in [4.69, 9.17) is 9.47 Å². The van der Waals surface area contributed by atoms with Crippen LogP contribution in [0.5, 0.6) is 11.5 Å². The Bertz CT molecular complexity index is 686. The van der Waals surface area contributed by atoms with Crippen LogP contribution in [0, 0.1) is 0 Å². The smallest absolute Gasteiger partial charge is 0.222 e. The summed E-state index contributed by atoms with van der Waals surface area (Å²) in [7, 11) is 5.09. The minimum absolute atomic E-state index is 0.0998. The van der Waals surface area contributed by atoms with Gasteiger partial charge in [0.15, 0.2) is 0 Å². The van der Waals surface area contributed by atoms with Gasteiger partial charge in [-0.2, -0.15) is 0 Å². The fraction of sp³-hybridized carbons (Fsp3) is 0.316. The van der Waals surface area contributed by atoms with Crippen LogP contribution in [0.4, 0.5) is 0 Å². The molecule has 1 amide bonds. The molecule has 0 unspecified atom stereocenters. The number of carbonyl (C=O) groups excluding carboxylic acids is 1. The van der Waals surface area contributed by atoms with Gasteiger partial charge in [-0.05, 0) is 47.9 Å². The van der Waals surface area contributed by atoms with Gasteiger partial charge < -0.3 is 14.4 Å². The van der Waals surface area contributed by atoms with E-state index in [1.54, 1.807) is 19.1 Å². The molecule has 0 aromatic heterocycles. The van der Waals surface area contributed by atoms with Crippen molar-refractivity contribution in [3.63, 3.8) is 0 Å². The number of hydrogen-bond donors (Lipinski definition) is 0. The Balaban J connectivity index is 1.95. The molecule has 0 aliphatic heterocycles. The molecule has 0 aliphatic rings. The molecule has 0 aliphatic carbocycles. The number of halogens is 1. The fourth-order valence-electron chi connectivity index (χ4n) is 2.46. The zero-order valence-corrected chi connectivity index (χ0v) is 15.8. The first-order valence-electron chi connectivity index (χ1n) is 7.72. The molecule has 0 bridgehead atoms. The van der Waals surface area contributed by atoms with Gasteiger partial charge in [0.2, 0.25) is 5.91 Å². The molecule has 0 saturated carbocycles. The minimum atomic E-state index is 0.0998. The summed E-state index contributed by atoms with van der Waals surface area (Å²) >= 11 is 3.41. The van der Waals surface area contributed by atoms with E-state index in [2.05, 4.69) is 15.9 Å². The fourth-order valence-corrected chi connectivity index (χ4v) is 2.73. The van der Waals surface area contributed by atoms with Crippen molar-refractivity contribution < 1.29 is 14.3 Å². The third-order valence-corrected chi connectivity index (χ3v) is 4.38. The lowest BCUT2D eigenvalue weighted by Gasteiger charge is -2.18. The van der Waals surface area contributed by atoms with E-state index in [0.29, 0.717) is 19.4 Å². The third kappa shape index (κ3) is 4.99. The van der Waals surface area contributed by atoms with Crippen LogP contribution in [0.15, 0.2) is 46.9 Å². The second kappa shape index (κ2) is 8.73. The van der Waals surface area contributed by atoms with Crippen LogP contribution in [-0.2, 0) is 17.8 Å². The maximum Gasteiger partial charge on any atom is 0.222 e. The molecule has 0 fully saturated rings. The normalized spacial score (nSPS) is 10.3. The van der Waals surface area contributed by atoms with E-state index in [9.17, 15) is 4.79 Å². The first-order chi connectivity index (χ1) is 11.5. The predicted octanol–water partition coefficient (Wildman–Crippen LogP) is 4.06. The van der Waals surface area contributed by atoms with Gasteiger partial charge in [-0.3, -0.25) is 4.79 Å². The number of hydrogen-bond acceptors (Lipinski definition) is 3. The number of benzene rings is 2. The molecule has 2 aromatic carbocycles. The first kappa shape index (κ1) is 18.3. The summed E-state index contributed by atoms with van der Waals surface area (Å²) in [6.45, 7) is 0.599. The highest BCUT2D eigenvalue weighted by atomic mass is 79.9. The standard InChI is InChI=1S/C19H22BrNO3/c1-21(13-14-4-7-16(20)8-5-14)19(22)11-6-15-12-17(23-2)9-10-18(15)24-3/h4-5,7-10,12H,6,11,13H2,1-3H3. The van der Waals surface area contributed by atoms with Crippen LogP contribution in [0.1, 0.15) is 17.5 Å². The number of carbonyl (C=O) groups is 1. The molecule has 0 atom stereocenters. The Morgan fingerprint density at radius 2 is 1.79 bits per heavy atom. The highest BCUT2D eigenvalue weighted by Gasteiger charge is 2.12. The summed E-state index contributed by atoms with van der Waals surface area (Å²) in [5, 5.41) is 0. The van der Waals surface area contributed by atoms with E-state index in [1.807, 2.05) is 49.5 Å². The van der Waals surface area contributed by atoms with Crippen molar-refractivity contribution in [1.29, 1.82) is 0 Å². The van der Waals surface area contributed by atoms with Gasteiger partial charge in [0.25, 0.3) is 0 Å². The van der Waals surface area contributed by atoms with E-state index >= 15 is 0 Å². The number of rotatable bonds is 7. The number of aryl methyl sites for hydroxylation is 1. The van der Waals surface area contributed by atoms with Crippen molar-refractivity contribution in [3.05, 3.63) is 58.1 Å². The Hall–Kier alpha value is -2.01. The van der Waals surface area contributed by atoms with Crippen LogP contribution in [0.25, 0.3) is 0 Å². The highest BCUT2D eigenvalue weighted by Crippen LogP contribution is 2.25. The van der Waals surface area contributed by atoms with Gasteiger partial charge in [0, 0.05) is 24.5 Å². The zero-order chi connectivity index (χ0) is 17.5. The predicted molar refractivity (Wildman–Crippen MR) is 98.5 cm³/mol. The number of amides is 1. The van der Waals surface area contributed by atoms with Gasteiger partial charge in [0.1, 0.15) is 11.5 Å². The van der Waals surface area contributed by atoms with Crippen molar-refractivity contribution in [2.75, 3.05) is 21.3 Å². The molecule has 24 heavy (non-hydrogen) atoms. The van der Waals surface area contributed by atoms with Gasteiger partial charge in [-0.25, -0.2) is 0 Å². The maximum absolute atomic E-state index is 12.4. The maximum atomic E-state index is 12.4. The molecular formula is C19H22BrNO3. The molecule has 5 heteroatoms. The Morgan fingerprint density at radius 1 is 1.08 bits per heavy atom. The molecule has 4 nitrogen and oxygen atoms in total. The quantitative estimate of drug-likeness (QED) is 0.714. The highest BCUT2D eigenvalue weighted by molar-refractivity contribution is 9.10. The summed E-state index contributed by atoms with van der Waals surface area (Å²) in [4.78, 5) is 14.1. The molecule has 0 radical (unpaired) electrons. The number of methoxy groups -OCH3 is 2. The van der Waals surface area contributed by atoms with E-state index in [-0.39, 0.29) is 5.91 Å². The Kier molecular flexibility index (Phi) is 6.67. The summed E-state index contributed by atoms with van der Waals surface area (Å²) in [6.07, 6.45) is 1.04. The first-order valence-corrected chi connectivity index (χ1v) is 8.52. The van der Waals surface area contributed by atoms with Crippen LogP contribution in [0.2, 0.25) is 0 Å². The van der Waals surface area contributed by atoms with E-state index in [0.717, 1.165) is 27.1 Å². The Labute approximate surface area is 151 Å². The van der Waals surface area contributed by atoms with Gasteiger partial charge >= 0.3 is 0 Å². The lowest BCUT2D eigenvalue weighted by atomic mass is 10.1. The monoisotopic (exact) mass is 391 g/mol. The van der Waals surface area contributed by atoms with Crippen molar-refractivity contribution in [3.8, 4) is 11.5 Å². The van der Waals surface area contributed by atoms with Crippen molar-refractivity contribution in [1.82, 2.24) is 4.90 Å². The number of ether oxygens (including phenoxy) is 2. The molecule has 0 heterocycles.